The number of phenolic OH excluding ortho intramolecular Hbond substituents is 1. The van der Waals surface area contributed by atoms with E-state index >= 15 is 0 Å². The average molecular weight is 422 g/mol. The van der Waals surface area contributed by atoms with Crippen LogP contribution in [0.4, 0.5) is 4.79 Å². The molecule has 1 aromatic carbocycles. The summed E-state index contributed by atoms with van der Waals surface area (Å²) in [5.74, 6) is -0.670. The molecule has 30 heavy (non-hydrogen) atoms. The molecule has 0 bridgehead atoms. The van der Waals surface area contributed by atoms with Gasteiger partial charge in [0.05, 0.1) is 0 Å². The molecule has 0 heterocycles. The van der Waals surface area contributed by atoms with Crippen LogP contribution in [-0.2, 0) is 14.3 Å². The number of hydrogen-bond acceptors (Lipinski definition) is 5. The van der Waals surface area contributed by atoms with Gasteiger partial charge in [0, 0.05) is 12.6 Å². The Labute approximate surface area is 179 Å². The minimum Gasteiger partial charge on any atom is -0.508 e. The van der Waals surface area contributed by atoms with Gasteiger partial charge in [-0.05, 0) is 65.7 Å². The van der Waals surface area contributed by atoms with Gasteiger partial charge in [0.15, 0.2) is 0 Å². The molecule has 3 N–H and O–H groups in total. The number of rotatable bonds is 8. The van der Waals surface area contributed by atoms with Crippen LogP contribution in [0.15, 0.2) is 24.3 Å². The van der Waals surface area contributed by atoms with E-state index in [1.807, 2.05) is 20.8 Å². The van der Waals surface area contributed by atoms with Crippen LogP contribution in [0.25, 0.3) is 0 Å². The van der Waals surface area contributed by atoms with Crippen LogP contribution in [0.1, 0.15) is 66.5 Å². The number of carbonyl (C=O) groups is 3. The Morgan fingerprint density at radius 3 is 2.10 bits per heavy atom. The van der Waals surface area contributed by atoms with Gasteiger partial charge in [-0.15, -0.1) is 0 Å². The Balaban J connectivity index is 3.19. The summed E-state index contributed by atoms with van der Waals surface area (Å²) in [6.45, 7) is 12.7. The molecule has 8 nitrogen and oxygen atoms in total. The van der Waals surface area contributed by atoms with Gasteiger partial charge in [0.1, 0.15) is 23.4 Å². The van der Waals surface area contributed by atoms with E-state index in [0.717, 1.165) is 0 Å². The average Bonchev–Trinajstić information content (AvgIpc) is 2.59. The van der Waals surface area contributed by atoms with Gasteiger partial charge in [0.2, 0.25) is 11.8 Å². The largest absolute Gasteiger partial charge is 0.508 e. The molecule has 0 aliphatic carbocycles. The highest BCUT2D eigenvalue weighted by Gasteiger charge is 2.34. The van der Waals surface area contributed by atoms with Crippen LogP contribution in [0, 0.1) is 0 Å². The number of nitrogens with one attached hydrogen (secondary N) is 2. The second kappa shape index (κ2) is 10.8. The zero-order valence-electron chi connectivity index (χ0n) is 19.0. The number of aromatic hydroxyl groups is 1. The third-order valence-corrected chi connectivity index (χ3v) is 4.05. The molecule has 1 rings (SSSR count). The first kappa shape index (κ1) is 25.3. The molecule has 0 aromatic heterocycles. The van der Waals surface area contributed by atoms with Gasteiger partial charge >= 0.3 is 6.09 Å². The lowest BCUT2D eigenvalue weighted by molar-refractivity contribution is -0.142. The number of ether oxygens (including phenoxy) is 1. The number of carbonyl (C=O) groups excluding carboxylic acids is 3. The maximum atomic E-state index is 13.2. The maximum Gasteiger partial charge on any atom is 0.408 e. The van der Waals surface area contributed by atoms with E-state index in [2.05, 4.69) is 10.6 Å². The van der Waals surface area contributed by atoms with E-state index in [-0.39, 0.29) is 17.7 Å². The smallest absolute Gasteiger partial charge is 0.408 e. The van der Waals surface area contributed by atoms with Gasteiger partial charge in [-0.3, -0.25) is 9.59 Å². The highest BCUT2D eigenvalue weighted by molar-refractivity contribution is 5.92. The molecule has 3 amide bonds. The zero-order chi connectivity index (χ0) is 23.1. The predicted octanol–water partition coefficient (Wildman–Crippen LogP) is 3.11. The lowest BCUT2D eigenvalue weighted by Gasteiger charge is -2.34. The third-order valence-electron chi connectivity index (χ3n) is 4.05. The second-order valence-electron chi connectivity index (χ2n) is 8.56. The number of hydrogen-bond donors (Lipinski definition) is 3. The van der Waals surface area contributed by atoms with Crippen molar-refractivity contribution in [3.8, 4) is 5.75 Å². The normalized spacial score (nSPS) is 13.3. The molecular weight excluding hydrogens is 386 g/mol. The van der Waals surface area contributed by atoms with Crippen LogP contribution in [0.2, 0.25) is 0 Å². The highest BCUT2D eigenvalue weighted by Crippen LogP contribution is 2.25. The molecule has 2 atom stereocenters. The number of benzene rings is 1. The summed E-state index contributed by atoms with van der Waals surface area (Å²) >= 11 is 0. The number of alkyl carbamates (subject to hydrolysis) is 1. The topological polar surface area (TPSA) is 108 Å². The Kier molecular flexibility index (Phi) is 9.14. The number of amides is 3. The summed E-state index contributed by atoms with van der Waals surface area (Å²) in [4.78, 5) is 39.8. The molecule has 0 saturated carbocycles. The number of phenols is 1. The highest BCUT2D eigenvalue weighted by atomic mass is 16.6. The second-order valence-corrected chi connectivity index (χ2v) is 8.56. The number of nitrogens with zero attached hydrogens (tertiary/aromatic N) is 1. The minimum atomic E-state index is -0.900. The van der Waals surface area contributed by atoms with Crippen molar-refractivity contribution in [2.24, 2.45) is 0 Å². The van der Waals surface area contributed by atoms with Gasteiger partial charge < -0.3 is 25.4 Å². The minimum absolute atomic E-state index is 0.0649. The van der Waals surface area contributed by atoms with Crippen LogP contribution in [0.3, 0.4) is 0 Å². The fourth-order valence-corrected chi connectivity index (χ4v) is 2.90. The van der Waals surface area contributed by atoms with Crippen LogP contribution in [0.5, 0.6) is 5.75 Å². The van der Waals surface area contributed by atoms with Crippen LogP contribution < -0.4 is 10.6 Å². The molecule has 1 aromatic rings. The SMILES string of the molecule is CCCN(C(=O)C(C)NC(=O)OC(C)(C)C)C(C(=O)NC(C)C)c1ccc(O)cc1. The molecular formula is C22H35N3O5. The monoisotopic (exact) mass is 421 g/mol. The first-order valence-corrected chi connectivity index (χ1v) is 10.2. The summed E-state index contributed by atoms with van der Waals surface area (Å²) in [6, 6.07) is 4.27. The molecule has 0 saturated heterocycles. The van der Waals surface area contributed by atoms with E-state index in [9.17, 15) is 19.5 Å². The first-order chi connectivity index (χ1) is 13.9. The van der Waals surface area contributed by atoms with E-state index in [4.69, 9.17) is 4.74 Å². The third kappa shape index (κ3) is 7.93. The quantitative estimate of drug-likeness (QED) is 0.598. The van der Waals surface area contributed by atoms with E-state index in [1.54, 1.807) is 39.8 Å². The fourth-order valence-electron chi connectivity index (χ4n) is 2.90. The van der Waals surface area contributed by atoms with Crippen molar-refractivity contribution in [2.75, 3.05) is 6.54 Å². The Bertz CT molecular complexity index is 725. The van der Waals surface area contributed by atoms with Crippen molar-refractivity contribution in [3.63, 3.8) is 0 Å². The van der Waals surface area contributed by atoms with Crippen molar-refractivity contribution < 1.29 is 24.2 Å². The molecule has 8 heteroatoms. The molecule has 2 unspecified atom stereocenters. The molecule has 0 aliphatic rings. The first-order valence-electron chi connectivity index (χ1n) is 10.2. The standard InChI is InChI=1S/C22H35N3O5/c1-8-13-25(20(28)15(4)24-21(29)30-22(5,6)7)18(19(27)23-14(2)3)16-9-11-17(26)12-10-16/h9-12,14-15,18,26H,8,13H2,1-7H3,(H,23,27)(H,24,29). The van der Waals surface area contributed by atoms with E-state index < -0.39 is 29.7 Å². The van der Waals surface area contributed by atoms with Crippen LogP contribution in [-0.4, -0.2) is 52.1 Å². The van der Waals surface area contributed by atoms with Gasteiger partial charge in [-0.2, -0.15) is 0 Å². The molecule has 168 valence electrons. The summed E-state index contributed by atoms with van der Waals surface area (Å²) in [5.41, 5.74) is -0.126. The van der Waals surface area contributed by atoms with Crippen molar-refractivity contribution >= 4 is 17.9 Å². The summed E-state index contributed by atoms with van der Waals surface area (Å²) in [5, 5.41) is 15.0. The maximum absolute atomic E-state index is 13.2. The Morgan fingerprint density at radius 2 is 1.63 bits per heavy atom. The molecule has 0 fully saturated rings. The van der Waals surface area contributed by atoms with E-state index in [0.29, 0.717) is 18.5 Å². The van der Waals surface area contributed by atoms with E-state index in [1.165, 1.54) is 17.0 Å². The molecule has 0 spiro atoms. The van der Waals surface area contributed by atoms with Crippen molar-refractivity contribution in [1.82, 2.24) is 15.5 Å². The predicted molar refractivity (Wildman–Crippen MR) is 115 cm³/mol. The summed E-state index contributed by atoms with van der Waals surface area (Å²) < 4.78 is 5.23. The molecule has 0 radical (unpaired) electrons. The van der Waals surface area contributed by atoms with Gasteiger partial charge in [-0.25, -0.2) is 4.79 Å². The van der Waals surface area contributed by atoms with Crippen molar-refractivity contribution in [3.05, 3.63) is 29.8 Å². The lowest BCUT2D eigenvalue weighted by atomic mass is 10.0. The summed E-state index contributed by atoms with van der Waals surface area (Å²) in [6.07, 6.45) is -0.0818. The van der Waals surface area contributed by atoms with Gasteiger partial charge in [0.25, 0.3) is 0 Å². The van der Waals surface area contributed by atoms with Crippen molar-refractivity contribution in [1.29, 1.82) is 0 Å². The zero-order valence-corrected chi connectivity index (χ0v) is 19.0. The Hall–Kier alpha value is -2.77. The molecule has 0 aliphatic heterocycles. The van der Waals surface area contributed by atoms with Gasteiger partial charge in [-0.1, -0.05) is 19.1 Å². The summed E-state index contributed by atoms with van der Waals surface area (Å²) in [7, 11) is 0. The lowest BCUT2D eigenvalue weighted by Crippen LogP contribution is -2.52. The van der Waals surface area contributed by atoms with Crippen molar-refractivity contribution in [2.45, 2.75) is 78.6 Å². The Morgan fingerprint density at radius 1 is 1.07 bits per heavy atom. The fraction of sp³-hybridized carbons (Fsp3) is 0.591. The van der Waals surface area contributed by atoms with Crippen LogP contribution >= 0.6 is 0 Å².